The molecule has 0 fully saturated rings. The summed E-state index contributed by atoms with van der Waals surface area (Å²) in [5, 5.41) is 4.03. The fourth-order valence-corrected chi connectivity index (χ4v) is 3.01. The summed E-state index contributed by atoms with van der Waals surface area (Å²) in [4.78, 5) is 12.4. The molecule has 0 unspecified atom stereocenters. The first-order valence-corrected chi connectivity index (χ1v) is 10.1. The molecule has 0 aliphatic rings. The lowest BCUT2D eigenvalue weighted by Gasteiger charge is -2.11. The van der Waals surface area contributed by atoms with Crippen LogP contribution in [-0.2, 0) is 6.61 Å². The van der Waals surface area contributed by atoms with E-state index in [0.717, 1.165) is 11.3 Å². The number of hydrogen-bond donors (Lipinski definition) is 1. The second kappa shape index (κ2) is 11.4. The molecular formula is C25H26N2O6. The van der Waals surface area contributed by atoms with Crippen molar-refractivity contribution in [3.05, 3.63) is 77.4 Å². The fraction of sp³-hybridized carbons (Fsp3) is 0.200. The van der Waals surface area contributed by atoms with E-state index < -0.39 is 0 Å². The summed E-state index contributed by atoms with van der Waals surface area (Å²) >= 11 is 0. The summed E-state index contributed by atoms with van der Waals surface area (Å²) in [6.07, 6.45) is 1.48. The van der Waals surface area contributed by atoms with Gasteiger partial charge in [-0.05, 0) is 48.0 Å². The first-order valence-electron chi connectivity index (χ1n) is 10.1. The van der Waals surface area contributed by atoms with Crippen LogP contribution in [0.4, 0.5) is 0 Å². The zero-order chi connectivity index (χ0) is 23.6. The molecule has 0 saturated carbocycles. The summed E-state index contributed by atoms with van der Waals surface area (Å²) in [7, 11) is 6.24. The number of carbonyl (C=O) groups is 1. The van der Waals surface area contributed by atoms with Crippen LogP contribution >= 0.6 is 0 Å². The van der Waals surface area contributed by atoms with E-state index >= 15 is 0 Å². The Balaban J connectivity index is 1.60. The molecular weight excluding hydrogens is 424 g/mol. The van der Waals surface area contributed by atoms with Crippen molar-refractivity contribution in [2.24, 2.45) is 5.10 Å². The van der Waals surface area contributed by atoms with Gasteiger partial charge in [0.05, 0.1) is 34.7 Å². The molecule has 3 rings (SSSR count). The van der Waals surface area contributed by atoms with Crippen molar-refractivity contribution in [3.8, 4) is 28.7 Å². The van der Waals surface area contributed by atoms with Crippen molar-refractivity contribution >= 4 is 12.1 Å². The topological polar surface area (TPSA) is 87.6 Å². The lowest BCUT2D eigenvalue weighted by molar-refractivity contribution is 0.0955. The molecule has 0 bridgehead atoms. The van der Waals surface area contributed by atoms with Gasteiger partial charge in [-0.3, -0.25) is 4.79 Å². The third-order valence-corrected chi connectivity index (χ3v) is 4.76. The Kier molecular flexibility index (Phi) is 8.13. The average Bonchev–Trinajstić information content (AvgIpc) is 2.87. The maximum absolute atomic E-state index is 12.4. The number of methoxy groups -OCH3 is 4. The van der Waals surface area contributed by atoms with Crippen LogP contribution in [-0.4, -0.2) is 40.6 Å². The second-order valence-corrected chi connectivity index (χ2v) is 6.81. The number of hydrazone groups is 1. The number of rotatable bonds is 10. The summed E-state index contributed by atoms with van der Waals surface area (Å²) in [6.45, 7) is 0.389. The molecule has 8 heteroatoms. The minimum atomic E-state index is -0.356. The van der Waals surface area contributed by atoms with Gasteiger partial charge in [-0.2, -0.15) is 5.10 Å². The normalized spacial score (nSPS) is 10.5. The molecule has 1 amide bonds. The number of amides is 1. The predicted molar refractivity (Wildman–Crippen MR) is 125 cm³/mol. The van der Waals surface area contributed by atoms with Crippen LogP contribution in [0.1, 0.15) is 21.5 Å². The average molecular weight is 450 g/mol. The Labute approximate surface area is 192 Å². The fourth-order valence-electron chi connectivity index (χ4n) is 3.01. The third-order valence-electron chi connectivity index (χ3n) is 4.76. The summed E-state index contributed by atoms with van der Waals surface area (Å²) < 4.78 is 26.9. The molecule has 0 aromatic heterocycles. The Morgan fingerprint density at radius 2 is 1.52 bits per heavy atom. The van der Waals surface area contributed by atoms with Gasteiger partial charge in [-0.1, -0.05) is 12.1 Å². The molecule has 0 aliphatic carbocycles. The molecule has 1 N–H and O–H groups in total. The number of nitrogens with zero attached hydrogens (tertiary/aromatic N) is 1. The van der Waals surface area contributed by atoms with E-state index in [-0.39, 0.29) is 5.91 Å². The molecule has 0 saturated heterocycles. The number of ether oxygens (including phenoxy) is 5. The first-order chi connectivity index (χ1) is 16.1. The van der Waals surface area contributed by atoms with Gasteiger partial charge in [-0.25, -0.2) is 5.43 Å². The van der Waals surface area contributed by atoms with Gasteiger partial charge in [0, 0.05) is 17.2 Å². The van der Waals surface area contributed by atoms with Gasteiger partial charge >= 0.3 is 0 Å². The molecule has 0 atom stereocenters. The Morgan fingerprint density at radius 3 is 2.18 bits per heavy atom. The van der Waals surface area contributed by atoms with Gasteiger partial charge in [0.2, 0.25) is 0 Å². The zero-order valence-corrected chi connectivity index (χ0v) is 19.0. The highest BCUT2D eigenvalue weighted by Crippen LogP contribution is 2.33. The highest BCUT2D eigenvalue weighted by Gasteiger charge is 2.11. The Bertz CT molecular complexity index is 1110. The van der Waals surface area contributed by atoms with Crippen LogP contribution < -0.4 is 29.1 Å². The van der Waals surface area contributed by atoms with Crippen LogP contribution in [0, 0.1) is 0 Å². The maximum Gasteiger partial charge on any atom is 0.271 e. The Morgan fingerprint density at radius 1 is 0.818 bits per heavy atom. The van der Waals surface area contributed by atoms with E-state index in [4.69, 9.17) is 23.7 Å². The van der Waals surface area contributed by atoms with E-state index in [9.17, 15) is 4.79 Å². The summed E-state index contributed by atoms with van der Waals surface area (Å²) in [6, 6.07) is 17.8. The highest BCUT2D eigenvalue weighted by molar-refractivity contribution is 5.95. The maximum atomic E-state index is 12.4. The smallest absolute Gasteiger partial charge is 0.271 e. The Hall–Kier alpha value is -4.20. The molecule has 8 nitrogen and oxygen atoms in total. The van der Waals surface area contributed by atoms with Crippen LogP contribution in [0.25, 0.3) is 0 Å². The van der Waals surface area contributed by atoms with Gasteiger partial charge in [0.15, 0.2) is 11.5 Å². The van der Waals surface area contributed by atoms with Crippen molar-refractivity contribution in [2.75, 3.05) is 28.4 Å². The SMILES string of the molecule is COc1cccc(COc2ccc(C(=O)N/N=C\c3cc(OC)c(OC)cc3OC)cc2)c1. The van der Waals surface area contributed by atoms with Gasteiger partial charge < -0.3 is 23.7 Å². The van der Waals surface area contributed by atoms with Gasteiger partial charge in [0.25, 0.3) is 5.91 Å². The van der Waals surface area contributed by atoms with E-state index in [1.807, 2.05) is 24.3 Å². The number of nitrogens with one attached hydrogen (secondary N) is 1. The summed E-state index contributed by atoms with van der Waals surface area (Å²) in [5.74, 6) is 2.65. The second-order valence-electron chi connectivity index (χ2n) is 6.81. The summed E-state index contributed by atoms with van der Waals surface area (Å²) in [5.41, 5.74) is 4.55. The van der Waals surface area contributed by atoms with Crippen molar-refractivity contribution < 1.29 is 28.5 Å². The lowest BCUT2D eigenvalue weighted by atomic mass is 10.2. The molecule has 0 radical (unpaired) electrons. The van der Waals surface area contributed by atoms with Crippen molar-refractivity contribution in [1.29, 1.82) is 0 Å². The van der Waals surface area contributed by atoms with Crippen LogP contribution in [0.2, 0.25) is 0 Å². The van der Waals surface area contributed by atoms with Crippen molar-refractivity contribution in [3.63, 3.8) is 0 Å². The predicted octanol–water partition coefficient (Wildman–Crippen LogP) is 4.06. The van der Waals surface area contributed by atoms with Gasteiger partial charge in [-0.15, -0.1) is 0 Å². The van der Waals surface area contributed by atoms with Crippen LogP contribution in [0.15, 0.2) is 65.8 Å². The monoisotopic (exact) mass is 450 g/mol. The molecule has 172 valence electrons. The van der Waals surface area contributed by atoms with E-state index in [1.165, 1.54) is 20.4 Å². The standard InChI is InChI=1S/C25H26N2O6/c1-29-21-7-5-6-17(12-21)16-33-20-10-8-18(9-11-20)25(28)27-26-15-19-13-23(31-3)24(32-4)14-22(19)30-2/h5-15H,16H2,1-4H3,(H,27,28)/b26-15-. The van der Waals surface area contributed by atoms with E-state index in [0.29, 0.717) is 40.7 Å². The van der Waals surface area contributed by atoms with Crippen LogP contribution in [0.5, 0.6) is 28.7 Å². The van der Waals surface area contributed by atoms with Gasteiger partial charge in [0.1, 0.15) is 23.9 Å². The number of carbonyl (C=O) groups excluding carboxylic acids is 1. The number of benzene rings is 3. The largest absolute Gasteiger partial charge is 0.497 e. The van der Waals surface area contributed by atoms with Crippen LogP contribution in [0.3, 0.4) is 0 Å². The molecule has 0 heterocycles. The third kappa shape index (κ3) is 6.16. The van der Waals surface area contributed by atoms with Crippen molar-refractivity contribution in [2.45, 2.75) is 6.61 Å². The molecule has 0 aliphatic heterocycles. The molecule has 3 aromatic carbocycles. The first kappa shape index (κ1) is 23.5. The van der Waals surface area contributed by atoms with E-state index in [2.05, 4.69) is 10.5 Å². The quantitative estimate of drug-likeness (QED) is 0.370. The van der Waals surface area contributed by atoms with Crippen molar-refractivity contribution in [1.82, 2.24) is 5.43 Å². The minimum Gasteiger partial charge on any atom is -0.497 e. The highest BCUT2D eigenvalue weighted by atomic mass is 16.5. The minimum absolute atomic E-state index is 0.356. The lowest BCUT2D eigenvalue weighted by Crippen LogP contribution is -2.17. The molecule has 0 spiro atoms. The molecule has 3 aromatic rings. The number of hydrogen-bond acceptors (Lipinski definition) is 7. The zero-order valence-electron chi connectivity index (χ0n) is 19.0. The van der Waals surface area contributed by atoms with E-state index in [1.54, 1.807) is 50.6 Å². The molecule has 33 heavy (non-hydrogen) atoms.